The van der Waals surface area contributed by atoms with Crippen molar-refractivity contribution in [1.82, 2.24) is 30.7 Å². The van der Waals surface area contributed by atoms with Gasteiger partial charge in [-0.25, -0.2) is 0 Å². The van der Waals surface area contributed by atoms with Crippen LogP contribution in [-0.2, 0) is 41.5 Å². The number of rotatable bonds is 25. The minimum Gasteiger partial charge on any atom is -0.379 e. The maximum absolute atomic E-state index is 14.7. The average molecular weight is 934 g/mol. The van der Waals surface area contributed by atoms with Crippen LogP contribution in [0.15, 0.2) is 66.2 Å². The third-order valence-electron chi connectivity index (χ3n) is 14.1. The maximum atomic E-state index is 14.7. The molecular weight excluding hydrogens is 851 g/mol. The quantitative estimate of drug-likeness (QED) is 0.101. The van der Waals surface area contributed by atoms with Crippen LogP contribution in [0.25, 0.3) is 0 Å². The number of thioether (sulfide) groups is 1. The Morgan fingerprint density at radius 1 is 0.879 bits per heavy atom. The number of anilines is 1. The summed E-state index contributed by atoms with van der Waals surface area (Å²) in [6.07, 6.45) is 4.44. The summed E-state index contributed by atoms with van der Waals surface area (Å²) in [5.41, 5.74) is 3.45. The van der Waals surface area contributed by atoms with Gasteiger partial charge in [-0.3, -0.25) is 24.1 Å². The highest BCUT2D eigenvalue weighted by molar-refractivity contribution is 8.03. The predicted molar refractivity (Wildman–Crippen MR) is 269 cm³/mol. The van der Waals surface area contributed by atoms with E-state index in [0.717, 1.165) is 30.5 Å². The van der Waals surface area contributed by atoms with Crippen LogP contribution in [0.1, 0.15) is 92.2 Å². The largest absolute Gasteiger partial charge is 0.379 e. The Labute approximate surface area is 401 Å². The first kappa shape index (κ1) is 54.5. The number of carbonyl (C=O) groups excluding carboxylic acids is 4. The Morgan fingerprint density at radius 2 is 1.55 bits per heavy atom. The Hall–Kier alpha value is -4.11. The van der Waals surface area contributed by atoms with Gasteiger partial charge in [-0.05, 0) is 86.1 Å². The lowest BCUT2D eigenvalue weighted by Crippen LogP contribution is -2.60. The summed E-state index contributed by atoms with van der Waals surface area (Å²) < 4.78 is 12.3. The van der Waals surface area contributed by atoms with Gasteiger partial charge >= 0.3 is 0 Å². The molecule has 2 heterocycles. The normalized spacial score (nSPS) is 20.9. The van der Waals surface area contributed by atoms with Crippen molar-refractivity contribution < 1.29 is 28.7 Å². The topological polar surface area (TPSA) is 136 Å². The summed E-state index contributed by atoms with van der Waals surface area (Å²) in [6.45, 7) is 17.3. The average Bonchev–Trinajstić information content (AvgIpc) is 3.97. The van der Waals surface area contributed by atoms with Gasteiger partial charge in [0, 0.05) is 60.3 Å². The highest BCUT2D eigenvalue weighted by atomic mass is 32.2. The number of ether oxygens (including phenoxy) is 2. The second-order valence-electron chi connectivity index (χ2n) is 19.7. The fraction of sp³-hybridized carbons (Fsp3) is 0.654. The van der Waals surface area contributed by atoms with E-state index in [1.807, 2.05) is 90.5 Å². The van der Waals surface area contributed by atoms with Crippen LogP contribution in [0.3, 0.4) is 0 Å². The van der Waals surface area contributed by atoms with E-state index in [-0.39, 0.29) is 59.9 Å². The van der Waals surface area contributed by atoms with Crippen molar-refractivity contribution >= 4 is 41.1 Å². The highest BCUT2D eigenvalue weighted by Gasteiger charge is 2.45. The fourth-order valence-electron chi connectivity index (χ4n) is 9.82. The van der Waals surface area contributed by atoms with Crippen LogP contribution in [0.4, 0.5) is 5.69 Å². The molecule has 1 fully saturated rings. The van der Waals surface area contributed by atoms with Crippen molar-refractivity contribution in [3.05, 3.63) is 77.3 Å². The van der Waals surface area contributed by atoms with Gasteiger partial charge < -0.3 is 40.1 Å². The molecule has 0 spiro atoms. The van der Waals surface area contributed by atoms with Crippen LogP contribution in [-0.4, -0.2) is 141 Å². The van der Waals surface area contributed by atoms with Crippen LogP contribution < -0.4 is 20.9 Å². The number of likely N-dealkylation sites (N-methyl/N-ethyl adjacent to an activating group) is 2. The van der Waals surface area contributed by atoms with Gasteiger partial charge in [0.1, 0.15) is 10.9 Å². The Bertz CT molecular complexity index is 1870. The Kier molecular flexibility index (Phi) is 20.9. The molecule has 0 saturated carbocycles. The molecule has 1 unspecified atom stereocenters. The van der Waals surface area contributed by atoms with Crippen LogP contribution in [0.2, 0.25) is 0 Å². The smallest absolute Gasteiger partial charge is 0.245 e. The van der Waals surface area contributed by atoms with Crippen molar-refractivity contribution in [3.8, 4) is 0 Å². The number of hydrogen-bond acceptors (Lipinski definition) is 10. The summed E-state index contributed by atoms with van der Waals surface area (Å²) in [5.74, 6) is -1.42. The second-order valence-corrected chi connectivity index (χ2v) is 21.1. The van der Waals surface area contributed by atoms with E-state index in [1.54, 1.807) is 37.9 Å². The number of amides is 4. The molecule has 4 amide bonds. The fourth-order valence-corrected chi connectivity index (χ4v) is 10.7. The summed E-state index contributed by atoms with van der Waals surface area (Å²) in [5, 5.41) is 12.0. The second kappa shape index (κ2) is 25.3. The third-order valence-corrected chi connectivity index (χ3v) is 15.2. The molecule has 0 aromatic heterocycles. The van der Waals surface area contributed by atoms with Crippen molar-refractivity contribution in [2.24, 2.45) is 23.7 Å². The minimum absolute atomic E-state index is 0.00104. The molecule has 3 N–H and O–H groups in total. The summed E-state index contributed by atoms with van der Waals surface area (Å²) in [6, 6.07) is 16.4. The molecule has 2 aromatic carbocycles. The molecule has 368 valence electrons. The summed E-state index contributed by atoms with van der Waals surface area (Å²) in [7, 11) is 11.0. The number of carbonyl (C=O) groups is 4. The molecular formula is C52H83N7O6S. The molecule has 0 aliphatic carbocycles. The highest BCUT2D eigenvalue weighted by Crippen LogP contribution is 2.34. The molecule has 10 atom stereocenters. The van der Waals surface area contributed by atoms with Crippen molar-refractivity contribution in [2.75, 3.05) is 60.4 Å². The molecule has 0 radical (unpaired) electrons. The van der Waals surface area contributed by atoms with Gasteiger partial charge in [0.2, 0.25) is 23.6 Å². The summed E-state index contributed by atoms with van der Waals surface area (Å²) in [4.78, 5) is 64.9. The zero-order valence-electron chi connectivity index (χ0n) is 42.5. The molecule has 66 heavy (non-hydrogen) atoms. The molecule has 14 heteroatoms. The van der Waals surface area contributed by atoms with Crippen molar-refractivity contribution in [2.45, 2.75) is 141 Å². The van der Waals surface area contributed by atoms with E-state index in [0.29, 0.717) is 25.9 Å². The van der Waals surface area contributed by atoms with E-state index in [9.17, 15) is 19.2 Å². The zero-order chi connectivity index (χ0) is 48.9. The number of nitrogens with zero attached hydrogens (tertiary/aromatic N) is 4. The lowest BCUT2D eigenvalue weighted by Gasteiger charge is -2.41. The molecule has 2 aromatic rings. The molecule has 13 nitrogen and oxygen atoms in total. The zero-order valence-corrected chi connectivity index (χ0v) is 43.3. The van der Waals surface area contributed by atoms with E-state index in [4.69, 9.17) is 9.47 Å². The molecule has 4 rings (SSSR count). The monoisotopic (exact) mass is 934 g/mol. The molecule has 2 aliphatic rings. The van der Waals surface area contributed by atoms with E-state index in [2.05, 4.69) is 82.9 Å². The number of nitrogens with one attached hydrogen (secondary N) is 3. The lowest BCUT2D eigenvalue weighted by atomic mass is 9.89. The van der Waals surface area contributed by atoms with E-state index < -0.39 is 41.1 Å². The van der Waals surface area contributed by atoms with Crippen LogP contribution in [0, 0.1) is 23.7 Å². The van der Waals surface area contributed by atoms with Gasteiger partial charge in [-0.15, -0.1) is 11.8 Å². The number of methoxy groups -OCH3 is 2. The molecule has 1 saturated heterocycles. The molecule has 0 bridgehead atoms. The van der Waals surface area contributed by atoms with Gasteiger partial charge in [0.05, 0.1) is 48.7 Å². The maximum Gasteiger partial charge on any atom is 0.245 e. The number of hydrogen-bond donors (Lipinski definition) is 3. The third kappa shape index (κ3) is 14.0. The Morgan fingerprint density at radius 3 is 2.09 bits per heavy atom. The standard InChI is InChI=1S/C52H83N7O6S/c1-15-36(6)47(58(12)51(63)45(34(2)3)55-50(62)46(35(4)5)57(11)30-27-38-23-25-40(26-24-38)56(9)10)42(64-13)33-44(60)59-29-19-22-41(59)48(65-14)37(7)49(61)54-43(52(8)53-28-31-66-52)32-39-20-17-16-18-21-39/h16-18,20-21,23-26,28,31,34-37,41-43,45-48,53H,15,19,22,27,29-30,32-33H2,1-14H3,(H,54,61)(H,55,62)/t36-,37+,41-,42+,43-,45-,46-,47-,48+,52?/m0/s1. The first-order valence-electron chi connectivity index (χ1n) is 24.1. The first-order valence-corrected chi connectivity index (χ1v) is 25.0. The van der Waals surface area contributed by atoms with Crippen molar-refractivity contribution in [1.29, 1.82) is 0 Å². The summed E-state index contributed by atoms with van der Waals surface area (Å²) >= 11 is 1.65. The van der Waals surface area contributed by atoms with Gasteiger partial charge in [0.25, 0.3) is 0 Å². The first-order chi connectivity index (χ1) is 31.3. The predicted octanol–water partition coefficient (Wildman–Crippen LogP) is 6.56. The van der Waals surface area contributed by atoms with Crippen LogP contribution in [0.5, 0.6) is 0 Å². The minimum atomic E-state index is -0.789. The van der Waals surface area contributed by atoms with Crippen LogP contribution >= 0.6 is 11.8 Å². The van der Waals surface area contributed by atoms with E-state index in [1.165, 1.54) is 5.56 Å². The van der Waals surface area contributed by atoms with Gasteiger partial charge in [-0.2, -0.15) is 0 Å². The lowest BCUT2D eigenvalue weighted by molar-refractivity contribution is -0.148. The number of likely N-dealkylation sites (tertiary alicyclic amines) is 1. The van der Waals surface area contributed by atoms with E-state index >= 15 is 0 Å². The Balaban J connectivity index is 1.47. The van der Waals surface area contributed by atoms with Crippen molar-refractivity contribution in [3.63, 3.8) is 0 Å². The van der Waals surface area contributed by atoms with Gasteiger partial charge in [-0.1, -0.05) is 97.4 Å². The SMILES string of the molecule is CC[C@H](C)[C@@H]([C@@H](CC(=O)N1CCC[C@H]1[C@H](OC)[C@@H](C)C(=O)N[C@@H](Cc1ccccc1)C1(C)NC=CS1)OC)N(C)C(=O)[C@@H](NC(=O)[C@H](C(C)C)N(C)CCc1ccc(N(C)C)cc1)C(C)C. The number of benzene rings is 2. The molecule has 2 aliphatic heterocycles. The van der Waals surface area contributed by atoms with Gasteiger partial charge in [0.15, 0.2) is 0 Å².